The molecule has 172 valence electrons. The summed E-state index contributed by atoms with van der Waals surface area (Å²) in [5.74, 6) is 1.61. The van der Waals surface area contributed by atoms with Crippen molar-refractivity contribution in [3.63, 3.8) is 0 Å². The summed E-state index contributed by atoms with van der Waals surface area (Å²) in [5.41, 5.74) is 1.12. The zero-order valence-corrected chi connectivity index (χ0v) is 19.1. The molecule has 0 amide bonds. The molecule has 1 aromatic rings. The smallest absolute Gasteiger partial charge is 0.312 e. The number of nitrogens with zero attached hydrogens (tertiary/aromatic N) is 1. The molecule has 32 heavy (non-hydrogen) atoms. The van der Waals surface area contributed by atoms with Crippen molar-refractivity contribution < 1.29 is 24.1 Å². The number of hydrogen-bond acceptors (Lipinski definition) is 6. The van der Waals surface area contributed by atoms with Crippen molar-refractivity contribution >= 4 is 5.97 Å². The van der Waals surface area contributed by atoms with Gasteiger partial charge in [0.15, 0.2) is 11.5 Å². The zero-order valence-electron chi connectivity index (χ0n) is 19.1. The molecule has 6 nitrogen and oxygen atoms in total. The topological polar surface area (TPSA) is 68.2 Å². The van der Waals surface area contributed by atoms with Crippen molar-refractivity contribution in [2.24, 2.45) is 17.3 Å². The Bertz CT molecular complexity index is 1010. The van der Waals surface area contributed by atoms with Crippen molar-refractivity contribution in [3.05, 3.63) is 23.3 Å². The van der Waals surface area contributed by atoms with Crippen LogP contribution in [0.25, 0.3) is 0 Å². The lowest BCUT2D eigenvalue weighted by Gasteiger charge is -2.72. The number of aliphatic hydroxyl groups is 1. The molecule has 4 bridgehead atoms. The van der Waals surface area contributed by atoms with Gasteiger partial charge in [-0.05, 0) is 76.0 Å². The number of methoxy groups -OCH3 is 1. The van der Waals surface area contributed by atoms with Gasteiger partial charge in [-0.25, -0.2) is 0 Å². The molecule has 5 aliphatic carbocycles. The third-order valence-corrected chi connectivity index (χ3v) is 10.1. The van der Waals surface area contributed by atoms with Gasteiger partial charge in [0.05, 0.1) is 19.6 Å². The second-order valence-corrected chi connectivity index (χ2v) is 11.2. The minimum Gasteiger partial charge on any atom is -0.493 e. The zero-order chi connectivity index (χ0) is 21.9. The molecule has 2 spiro atoms. The van der Waals surface area contributed by atoms with E-state index in [1.165, 1.54) is 30.5 Å². The van der Waals surface area contributed by atoms with Gasteiger partial charge in [0.1, 0.15) is 11.7 Å². The fourth-order valence-electron chi connectivity index (χ4n) is 8.73. The Hall–Kier alpha value is -1.79. The van der Waals surface area contributed by atoms with E-state index in [-0.39, 0.29) is 16.8 Å². The summed E-state index contributed by atoms with van der Waals surface area (Å²) in [6, 6.07) is 4.63. The van der Waals surface area contributed by atoms with E-state index in [2.05, 4.69) is 11.0 Å². The van der Waals surface area contributed by atoms with E-state index >= 15 is 0 Å². The molecule has 1 aromatic carbocycles. The maximum atomic E-state index is 13.2. The van der Waals surface area contributed by atoms with E-state index in [9.17, 15) is 9.90 Å². The maximum Gasteiger partial charge on any atom is 0.312 e. The Morgan fingerprint density at radius 2 is 2.12 bits per heavy atom. The van der Waals surface area contributed by atoms with E-state index in [0.717, 1.165) is 43.2 Å². The molecule has 6 heteroatoms. The second-order valence-electron chi connectivity index (χ2n) is 11.2. The van der Waals surface area contributed by atoms with Gasteiger partial charge in [-0.15, -0.1) is 0 Å². The standard InChI is InChI=1S/C26H33NO5/c1-3-31-22(28)17-13-24-8-9-26(17,29)23-25(24)10-11-27(14-15-4-5-15)19(24)12-16-6-7-18(30-2)21(32-23)20(16)25/h6-7,15,17,19,23,29H,3-5,8-14H2,1-2H3/t17-,19-,23-,24-,25+,26-/m1/s1. The molecule has 0 unspecified atom stereocenters. The van der Waals surface area contributed by atoms with Crippen LogP contribution in [0, 0.1) is 17.3 Å². The Kier molecular flexibility index (Phi) is 3.81. The van der Waals surface area contributed by atoms with Crippen molar-refractivity contribution in [1.82, 2.24) is 4.90 Å². The summed E-state index contributed by atoms with van der Waals surface area (Å²) < 4.78 is 17.9. The average Bonchev–Trinajstić information content (AvgIpc) is 3.53. The minimum atomic E-state index is -1.20. The van der Waals surface area contributed by atoms with Crippen LogP contribution in [0.3, 0.4) is 0 Å². The molecule has 1 N–H and O–H groups in total. The Labute approximate surface area is 189 Å². The van der Waals surface area contributed by atoms with Crippen molar-refractivity contribution in [2.45, 2.75) is 75.0 Å². The summed E-state index contributed by atoms with van der Waals surface area (Å²) in [6.07, 6.45) is 6.49. The molecular formula is C26H33NO5. The van der Waals surface area contributed by atoms with Gasteiger partial charge in [0, 0.05) is 29.0 Å². The summed E-state index contributed by atoms with van der Waals surface area (Å²) in [5, 5.41) is 12.2. The number of esters is 1. The van der Waals surface area contributed by atoms with E-state index in [1.54, 1.807) is 7.11 Å². The number of carbonyl (C=O) groups is 1. The molecule has 4 saturated carbocycles. The van der Waals surface area contributed by atoms with Gasteiger partial charge >= 0.3 is 5.97 Å². The molecule has 1 saturated heterocycles. The van der Waals surface area contributed by atoms with Crippen LogP contribution < -0.4 is 9.47 Å². The molecular weight excluding hydrogens is 406 g/mol. The van der Waals surface area contributed by atoms with Gasteiger partial charge in [-0.1, -0.05) is 6.07 Å². The highest BCUT2D eigenvalue weighted by Crippen LogP contribution is 2.76. The van der Waals surface area contributed by atoms with E-state index in [4.69, 9.17) is 14.2 Å². The SMILES string of the molecule is CCOC(=O)[C@H]1C[C@@]23CC[C@]1(O)[C@@H]1Oc4c(OC)ccc5c4[C@@]12CCN(CC1CC1)[C@@H]3C5. The average molecular weight is 440 g/mol. The van der Waals surface area contributed by atoms with Crippen LogP contribution >= 0.6 is 0 Å². The molecule has 2 aliphatic heterocycles. The molecule has 5 fully saturated rings. The number of carbonyl (C=O) groups excluding carboxylic acids is 1. The first-order valence-corrected chi connectivity index (χ1v) is 12.5. The quantitative estimate of drug-likeness (QED) is 0.712. The minimum absolute atomic E-state index is 0.0721. The Morgan fingerprint density at radius 1 is 1.28 bits per heavy atom. The summed E-state index contributed by atoms with van der Waals surface area (Å²) in [7, 11) is 1.69. The van der Waals surface area contributed by atoms with Crippen molar-refractivity contribution in [3.8, 4) is 11.5 Å². The van der Waals surface area contributed by atoms with E-state index in [0.29, 0.717) is 25.5 Å². The number of piperidine rings is 1. The summed E-state index contributed by atoms with van der Waals surface area (Å²) in [6.45, 7) is 4.39. The molecule has 6 atom stereocenters. The lowest BCUT2D eigenvalue weighted by Crippen LogP contribution is -2.81. The summed E-state index contributed by atoms with van der Waals surface area (Å²) >= 11 is 0. The molecule has 0 aromatic heterocycles. The van der Waals surface area contributed by atoms with E-state index < -0.39 is 17.6 Å². The van der Waals surface area contributed by atoms with E-state index in [1.807, 2.05) is 13.0 Å². The Morgan fingerprint density at radius 3 is 2.88 bits per heavy atom. The van der Waals surface area contributed by atoms with Crippen LogP contribution in [0.2, 0.25) is 0 Å². The number of likely N-dealkylation sites (tertiary alicyclic amines) is 1. The number of benzene rings is 1. The number of ether oxygens (including phenoxy) is 3. The Balaban J connectivity index is 1.44. The lowest BCUT2D eigenvalue weighted by molar-refractivity contribution is -0.268. The molecule has 0 radical (unpaired) electrons. The third-order valence-electron chi connectivity index (χ3n) is 10.1. The van der Waals surface area contributed by atoms with Gasteiger partial charge < -0.3 is 19.3 Å². The van der Waals surface area contributed by atoms with Crippen LogP contribution in [0.4, 0.5) is 0 Å². The molecule has 2 heterocycles. The highest BCUT2D eigenvalue weighted by atomic mass is 16.5. The van der Waals surface area contributed by atoms with Gasteiger partial charge in [0.25, 0.3) is 0 Å². The normalized spacial score (nSPS) is 42.9. The predicted molar refractivity (Wildman–Crippen MR) is 117 cm³/mol. The van der Waals surface area contributed by atoms with Crippen LogP contribution in [0.5, 0.6) is 11.5 Å². The third kappa shape index (κ3) is 2.08. The monoisotopic (exact) mass is 439 g/mol. The fraction of sp³-hybridized carbons (Fsp3) is 0.731. The van der Waals surface area contributed by atoms with Crippen LogP contribution in [0.15, 0.2) is 12.1 Å². The first-order valence-electron chi connectivity index (χ1n) is 12.5. The highest BCUT2D eigenvalue weighted by Gasteiger charge is 2.81. The number of rotatable bonds is 5. The lowest BCUT2D eigenvalue weighted by atomic mass is 9.35. The van der Waals surface area contributed by atoms with Crippen LogP contribution in [0.1, 0.15) is 56.6 Å². The van der Waals surface area contributed by atoms with Gasteiger partial charge in [-0.2, -0.15) is 0 Å². The first kappa shape index (κ1) is 19.7. The van der Waals surface area contributed by atoms with Crippen LogP contribution in [-0.2, 0) is 21.4 Å². The predicted octanol–water partition coefficient (Wildman–Crippen LogP) is 2.83. The first-order chi connectivity index (χ1) is 15.5. The van der Waals surface area contributed by atoms with Crippen molar-refractivity contribution in [1.29, 1.82) is 0 Å². The summed E-state index contributed by atoms with van der Waals surface area (Å²) in [4.78, 5) is 15.9. The van der Waals surface area contributed by atoms with Crippen LogP contribution in [-0.4, -0.2) is 60.5 Å². The molecule has 7 aliphatic rings. The molecule has 8 rings (SSSR count). The fourth-order valence-corrected chi connectivity index (χ4v) is 8.73. The number of hydrogen-bond donors (Lipinski definition) is 1. The highest BCUT2D eigenvalue weighted by molar-refractivity contribution is 5.76. The largest absolute Gasteiger partial charge is 0.493 e. The maximum absolute atomic E-state index is 13.2. The van der Waals surface area contributed by atoms with Gasteiger partial charge in [0.2, 0.25) is 0 Å². The van der Waals surface area contributed by atoms with Gasteiger partial charge in [-0.3, -0.25) is 9.69 Å². The van der Waals surface area contributed by atoms with Crippen molar-refractivity contribution in [2.75, 3.05) is 26.8 Å². The second kappa shape index (κ2) is 6.20. The number of fused-ring (bicyclic) bond motifs is 2.